The minimum Gasteiger partial charge on any atom is -0.463 e. The molecule has 35 heavy (non-hydrogen) atoms. The van der Waals surface area contributed by atoms with Crippen molar-refractivity contribution in [3.05, 3.63) is 10.4 Å². The fraction of sp³-hybridized carbons (Fsp3) is 0.966. The van der Waals surface area contributed by atoms with Crippen molar-refractivity contribution in [2.75, 3.05) is 0 Å². The normalized spacial score (nSPS) is 45.6. The van der Waals surface area contributed by atoms with E-state index < -0.39 is 12.1 Å². The Kier molecular flexibility index (Phi) is 7.84. The van der Waals surface area contributed by atoms with E-state index >= 15 is 0 Å². The van der Waals surface area contributed by atoms with Crippen LogP contribution in [0.4, 0.5) is 0 Å². The third-order valence-electron chi connectivity index (χ3n) is 11.4. The SMILES string of the molecule is CC(=O)O[C@H]1CC[C@@]2(C)C(C1)[C@H](N=[N+]=[N-])[C@@H](O)[C@H]1[C@@H]3CC[C@H]([C@H](C)CCCC(C)C)[C@@]3(C)CC[C@@H]12. The maximum atomic E-state index is 11.8. The third-order valence-corrected chi connectivity index (χ3v) is 11.4. The first-order chi connectivity index (χ1) is 16.5. The topological polar surface area (TPSA) is 95.3 Å². The number of aliphatic hydroxyl groups excluding tert-OH is 1. The van der Waals surface area contributed by atoms with Crippen molar-refractivity contribution in [1.29, 1.82) is 0 Å². The molecule has 0 aromatic heterocycles. The van der Waals surface area contributed by atoms with E-state index in [-0.39, 0.29) is 34.7 Å². The minimum absolute atomic E-state index is 0.0156. The van der Waals surface area contributed by atoms with Gasteiger partial charge in [-0.1, -0.05) is 59.0 Å². The monoisotopic (exact) mass is 487 g/mol. The first-order valence-electron chi connectivity index (χ1n) is 14.4. The maximum Gasteiger partial charge on any atom is 0.302 e. The second kappa shape index (κ2) is 10.2. The van der Waals surface area contributed by atoms with Gasteiger partial charge in [-0.05, 0) is 103 Å². The van der Waals surface area contributed by atoms with Crippen LogP contribution < -0.4 is 0 Å². The molecule has 6 nitrogen and oxygen atoms in total. The fourth-order valence-electron chi connectivity index (χ4n) is 9.80. The Bertz CT molecular complexity index is 826. The van der Waals surface area contributed by atoms with Crippen LogP contribution in [0.25, 0.3) is 10.4 Å². The molecule has 4 saturated carbocycles. The highest BCUT2D eigenvalue weighted by molar-refractivity contribution is 5.66. The van der Waals surface area contributed by atoms with Gasteiger partial charge in [-0.2, -0.15) is 0 Å². The molecule has 4 fully saturated rings. The molecule has 4 rings (SSSR count). The summed E-state index contributed by atoms with van der Waals surface area (Å²) in [6.07, 6.45) is 10.6. The Morgan fingerprint density at radius 2 is 1.74 bits per heavy atom. The summed E-state index contributed by atoms with van der Waals surface area (Å²) in [5.74, 6) is 3.15. The number of ether oxygens (including phenoxy) is 1. The van der Waals surface area contributed by atoms with Gasteiger partial charge in [0.15, 0.2) is 0 Å². The molecular weight excluding hydrogens is 438 g/mol. The van der Waals surface area contributed by atoms with Crippen molar-refractivity contribution in [3.63, 3.8) is 0 Å². The van der Waals surface area contributed by atoms with Crippen molar-refractivity contribution < 1.29 is 14.6 Å². The van der Waals surface area contributed by atoms with Gasteiger partial charge < -0.3 is 9.84 Å². The zero-order chi connectivity index (χ0) is 25.5. The van der Waals surface area contributed by atoms with Crippen LogP contribution in [-0.2, 0) is 9.53 Å². The minimum atomic E-state index is -0.607. The largest absolute Gasteiger partial charge is 0.463 e. The van der Waals surface area contributed by atoms with E-state index in [2.05, 4.69) is 44.6 Å². The van der Waals surface area contributed by atoms with Gasteiger partial charge in [-0.15, -0.1) is 0 Å². The molecule has 0 aromatic rings. The van der Waals surface area contributed by atoms with Gasteiger partial charge in [0, 0.05) is 11.8 Å². The summed E-state index contributed by atoms with van der Waals surface area (Å²) < 4.78 is 5.60. The molecule has 0 saturated heterocycles. The lowest BCUT2D eigenvalue weighted by Crippen LogP contribution is -2.63. The lowest BCUT2D eigenvalue weighted by Gasteiger charge is -2.64. The molecule has 1 N–H and O–H groups in total. The van der Waals surface area contributed by atoms with Gasteiger partial charge in [-0.25, -0.2) is 0 Å². The highest BCUT2D eigenvalue weighted by atomic mass is 16.5. The first kappa shape index (κ1) is 26.8. The number of aliphatic hydroxyl groups is 1. The van der Waals surface area contributed by atoms with Crippen LogP contribution in [0.3, 0.4) is 0 Å². The number of hydrogen-bond acceptors (Lipinski definition) is 4. The second-order valence-corrected chi connectivity index (χ2v) is 13.6. The van der Waals surface area contributed by atoms with E-state index in [4.69, 9.17) is 4.74 Å². The lowest BCUT2D eigenvalue weighted by molar-refractivity contribution is -0.189. The number of carbonyl (C=O) groups excluding carboxylic acids is 1. The van der Waals surface area contributed by atoms with Gasteiger partial charge in [0.05, 0.1) is 12.1 Å². The van der Waals surface area contributed by atoms with E-state index in [1.165, 1.54) is 45.4 Å². The summed E-state index contributed by atoms with van der Waals surface area (Å²) in [6, 6.07) is -0.436. The zero-order valence-corrected chi connectivity index (χ0v) is 22.9. The van der Waals surface area contributed by atoms with E-state index in [0.717, 1.165) is 37.0 Å². The van der Waals surface area contributed by atoms with Gasteiger partial charge in [0.25, 0.3) is 0 Å². The number of rotatable bonds is 7. The van der Waals surface area contributed by atoms with Crippen molar-refractivity contribution in [2.24, 2.45) is 57.4 Å². The molecule has 1 unspecified atom stereocenters. The van der Waals surface area contributed by atoms with Gasteiger partial charge in [-0.3, -0.25) is 4.79 Å². The summed E-state index contributed by atoms with van der Waals surface area (Å²) in [5, 5.41) is 16.1. The number of fused-ring (bicyclic) bond motifs is 5. The Morgan fingerprint density at radius 1 is 1.06 bits per heavy atom. The van der Waals surface area contributed by atoms with Crippen LogP contribution in [0, 0.1) is 52.3 Å². The summed E-state index contributed by atoms with van der Waals surface area (Å²) in [5.41, 5.74) is 9.73. The average Bonchev–Trinajstić information content (AvgIpc) is 3.14. The third kappa shape index (κ3) is 4.75. The summed E-state index contributed by atoms with van der Waals surface area (Å²) in [6.45, 7) is 13.5. The molecule has 4 aliphatic rings. The molecule has 0 amide bonds. The van der Waals surface area contributed by atoms with Crippen LogP contribution >= 0.6 is 0 Å². The van der Waals surface area contributed by atoms with Crippen molar-refractivity contribution in [3.8, 4) is 0 Å². The molecule has 0 heterocycles. The number of nitrogens with zero attached hydrogens (tertiary/aromatic N) is 3. The number of azide groups is 1. The standard InChI is InChI=1S/C29H49N3O3/c1-17(2)8-7-9-18(3)21-10-11-22-25-23(13-15-28(21,22)5)29(6)14-12-20(35-19(4)33)16-24(29)26(27(25)34)31-32-30/h17-18,20-27,34H,7-16H2,1-6H3/t18-,20+,21-,22+,23+,24?,25+,26+,27+,28-,29-/m1/s1. The molecule has 0 aromatic carbocycles. The highest BCUT2D eigenvalue weighted by Crippen LogP contribution is 2.68. The summed E-state index contributed by atoms with van der Waals surface area (Å²) in [4.78, 5) is 14.8. The predicted octanol–water partition coefficient (Wildman–Crippen LogP) is 7.30. The number of hydrogen-bond donors (Lipinski definition) is 1. The van der Waals surface area contributed by atoms with Gasteiger partial charge in [0.2, 0.25) is 0 Å². The Labute approximate surface area is 212 Å². The molecule has 0 bridgehead atoms. The Hall–Kier alpha value is -1.26. The molecule has 4 aliphatic carbocycles. The smallest absolute Gasteiger partial charge is 0.302 e. The van der Waals surface area contributed by atoms with Crippen LogP contribution in [-0.4, -0.2) is 29.3 Å². The van der Waals surface area contributed by atoms with Crippen LogP contribution in [0.2, 0.25) is 0 Å². The quantitative estimate of drug-likeness (QED) is 0.177. The van der Waals surface area contributed by atoms with E-state index in [1.807, 2.05) is 0 Å². The predicted molar refractivity (Wildman–Crippen MR) is 138 cm³/mol. The van der Waals surface area contributed by atoms with Gasteiger partial charge in [0.1, 0.15) is 6.10 Å². The van der Waals surface area contributed by atoms with Gasteiger partial charge >= 0.3 is 5.97 Å². The second-order valence-electron chi connectivity index (χ2n) is 13.6. The zero-order valence-electron chi connectivity index (χ0n) is 22.9. The summed E-state index contributed by atoms with van der Waals surface area (Å²) in [7, 11) is 0. The van der Waals surface area contributed by atoms with E-state index in [1.54, 1.807) is 0 Å². The van der Waals surface area contributed by atoms with E-state index in [9.17, 15) is 15.4 Å². The van der Waals surface area contributed by atoms with Crippen molar-refractivity contribution >= 4 is 5.97 Å². The highest BCUT2D eigenvalue weighted by Gasteiger charge is 2.65. The lowest BCUT2D eigenvalue weighted by atomic mass is 9.42. The van der Waals surface area contributed by atoms with Crippen molar-refractivity contribution in [2.45, 2.75) is 124 Å². The van der Waals surface area contributed by atoms with Crippen LogP contribution in [0.1, 0.15) is 106 Å². The molecule has 11 atom stereocenters. The summed E-state index contributed by atoms with van der Waals surface area (Å²) >= 11 is 0. The molecule has 0 radical (unpaired) electrons. The number of esters is 1. The molecule has 0 aliphatic heterocycles. The number of carbonyl (C=O) groups is 1. The Morgan fingerprint density at radius 3 is 2.40 bits per heavy atom. The fourth-order valence-corrected chi connectivity index (χ4v) is 9.80. The van der Waals surface area contributed by atoms with Crippen LogP contribution in [0.5, 0.6) is 0 Å². The maximum absolute atomic E-state index is 11.8. The van der Waals surface area contributed by atoms with Crippen molar-refractivity contribution in [1.82, 2.24) is 0 Å². The molecule has 198 valence electrons. The average molecular weight is 488 g/mol. The molecule has 6 heteroatoms. The molecular formula is C29H49N3O3. The van der Waals surface area contributed by atoms with Crippen LogP contribution in [0.15, 0.2) is 5.11 Å². The Balaban J connectivity index is 1.58. The molecule has 0 spiro atoms. The van der Waals surface area contributed by atoms with E-state index in [0.29, 0.717) is 18.3 Å². The first-order valence-corrected chi connectivity index (χ1v) is 14.4.